The number of rotatable bonds is 1. The van der Waals surface area contributed by atoms with Gasteiger partial charge in [0.1, 0.15) is 6.10 Å². The smallest absolute Gasteiger partial charge is 0.384 e. The van der Waals surface area contributed by atoms with Crippen molar-refractivity contribution in [3.63, 3.8) is 0 Å². The zero-order valence-electron chi connectivity index (χ0n) is 8.30. The molecule has 1 aliphatic rings. The van der Waals surface area contributed by atoms with E-state index in [1.54, 1.807) is 0 Å². The maximum atomic E-state index is 13.1. The van der Waals surface area contributed by atoms with E-state index in [0.717, 1.165) is 0 Å². The van der Waals surface area contributed by atoms with Crippen LogP contribution in [0.1, 0.15) is 17.2 Å². The van der Waals surface area contributed by atoms with E-state index in [0.29, 0.717) is 6.08 Å². The van der Waals surface area contributed by atoms with Gasteiger partial charge in [-0.3, -0.25) is 0 Å². The molecule has 6 heteroatoms. The molecule has 0 saturated heterocycles. The summed E-state index contributed by atoms with van der Waals surface area (Å²) in [6.45, 7) is 0. The third kappa shape index (κ3) is 1.72. The van der Waals surface area contributed by atoms with Crippen molar-refractivity contribution in [2.75, 3.05) is 0 Å². The molecule has 0 bridgehead atoms. The Hall–Kier alpha value is -1.43. The summed E-state index contributed by atoms with van der Waals surface area (Å²) in [5.41, 5.74) is -1.09. The van der Waals surface area contributed by atoms with Crippen LogP contribution in [-0.2, 0) is 0 Å². The normalized spacial score (nSPS) is 20.1. The largest absolute Gasteiger partial charge is 0.457 e. The first-order chi connectivity index (χ1) is 7.75. The van der Waals surface area contributed by atoms with Crippen molar-refractivity contribution in [1.82, 2.24) is 0 Å². The van der Waals surface area contributed by atoms with E-state index in [1.165, 1.54) is 24.3 Å². The van der Waals surface area contributed by atoms with Crippen LogP contribution >= 0.6 is 0 Å². The molecule has 1 aromatic carbocycles. The van der Waals surface area contributed by atoms with Crippen LogP contribution < -0.4 is 0 Å². The number of fused-ring (bicyclic) bond motifs is 1. The minimum Gasteiger partial charge on any atom is -0.384 e. The summed E-state index contributed by atoms with van der Waals surface area (Å²) in [5, 5.41) is 9.49. The molecule has 0 fully saturated rings. The molecule has 0 aromatic heterocycles. The van der Waals surface area contributed by atoms with Crippen LogP contribution in [-0.4, -0.2) is 17.2 Å². The fraction of sp³-hybridized carbons (Fsp3) is 0.273. The van der Waals surface area contributed by atoms with Crippen LogP contribution in [0.3, 0.4) is 0 Å². The van der Waals surface area contributed by atoms with Crippen LogP contribution in [0.2, 0.25) is 0 Å². The maximum absolute atomic E-state index is 13.1. The summed E-state index contributed by atoms with van der Waals surface area (Å²) in [5.74, 6) is -5.02. The molecule has 1 aliphatic carbocycles. The van der Waals surface area contributed by atoms with Gasteiger partial charge in [0.25, 0.3) is 0 Å². The summed E-state index contributed by atoms with van der Waals surface area (Å²) in [6.07, 6.45) is -6.93. The standard InChI is InChI=1S/C11H7F5O/c12-10(13,11(14,15)16)8-5-6-3-1-2-4-7(6)9(8)17/h1-5,9,17H. The molecule has 1 unspecified atom stereocenters. The molecule has 1 nitrogen and oxygen atoms in total. The molecule has 1 N–H and O–H groups in total. The molecule has 17 heavy (non-hydrogen) atoms. The van der Waals surface area contributed by atoms with Crippen molar-refractivity contribution in [3.8, 4) is 0 Å². The van der Waals surface area contributed by atoms with Crippen molar-refractivity contribution < 1.29 is 27.1 Å². The first-order valence-corrected chi connectivity index (χ1v) is 4.69. The lowest BCUT2D eigenvalue weighted by Crippen LogP contribution is -2.39. The predicted molar refractivity (Wildman–Crippen MR) is 50.4 cm³/mol. The molecule has 0 amide bonds. The first-order valence-electron chi connectivity index (χ1n) is 4.69. The Morgan fingerprint density at radius 1 is 1.00 bits per heavy atom. The Balaban J connectivity index is 2.46. The average molecular weight is 250 g/mol. The third-order valence-corrected chi connectivity index (χ3v) is 2.61. The molecule has 1 aromatic rings. The Kier molecular flexibility index (Phi) is 2.50. The minimum absolute atomic E-state index is 0.0615. The number of halogens is 5. The monoisotopic (exact) mass is 250 g/mol. The SMILES string of the molecule is OC1C(C(F)(F)C(F)(F)F)=Cc2ccccc21. The molecule has 0 spiro atoms. The highest BCUT2D eigenvalue weighted by Gasteiger charge is 2.62. The summed E-state index contributed by atoms with van der Waals surface area (Å²) in [6, 6.07) is 5.65. The number of aliphatic hydroxyl groups excluding tert-OH is 1. The number of alkyl halides is 5. The van der Waals surface area contributed by atoms with Gasteiger partial charge in [-0.1, -0.05) is 24.3 Å². The van der Waals surface area contributed by atoms with Crippen LogP contribution in [0, 0.1) is 0 Å². The minimum atomic E-state index is -5.71. The van der Waals surface area contributed by atoms with E-state index in [-0.39, 0.29) is 11.1 Å². The lowest BCUT2D eigenvalue weighted by molar-refractivity contribution is -0.267. The van der Waals surface area contributed by atoms with E-state index in [9.17, 15) is 27.1 Å². The van der Waals surface area contributed by atoms with Gasteiger partial charge in [0, 0.05) is 5.57 Å². The number of hydrogen-bond acceptors (Lipinski definition) is 1. The van der Waals surface area contributed by atoms with Crippen LogP contribution in [0.4, 0.5) is 22.0 Å². The van der Waals surface area contributed by atoms with E-state index >= 15 is 0 Å². The van der Waals surface area contributed by atoms with Crippen molar-refractivity contribution >= 4 is 6.08 Å². The molecule has 1 atom stereocenters. The summed E-state index contributed by atoms with van der Waals surface area (Å²) < 4.78 is 62.7. The van der Waals surface area contributed by atoms with Gasteiger partial charge in [-0.05, 0) is 17.2 Å². The molecule has 92 valence electrons. The Labute approximate surface area is 93.2 Å². The highest BCUT2D eigenvalue weighted by molar-refractivity contribution is 5.67. The van der Waals surface area contributed by atoms with Crippen LogP contribution in [0.25, 0.3) is 6.08 Å². The zero-order chi connectivity index (χ0) is 12.8. The maximum Gasteiger partial charge on any atom is 0.457 e. The Bertz CT molecular complexity index is 475. The fourth-order valence-corrected chi connectivity index (χ4v) is 1.73. The van der Waals surface area contributed by atoms with Crippen molar-refractivity contribution in [2.24, 2.45) is 0 Å². The predicted octanol–water partition coefficient (Wildman–Crippen LogP) is 3.31. The Morgan fingerprint density at radius 2 is 1.59 bits per heavy atom. The summed E-state index contributed by atoms with van der Waals surface area (Å²) >= 11 is 0. The highest BCUT2D eigenvalue weighted by atomic mass is 19.4. The average Bonchev–Trinajstić information content (AvgIpc) is 2.56. The van der Waals surface area contributed by atoms with Gasteiger partial charge < -0.3 is 5.11 Å². The second kappa shape index (κ2) is 3.53. The van der Waals surface area contributed by atoms with E-state index in [4.69, 9.17) is 0 Å². The fourth-order valence-electron chi connectivity index (χ4n) is 1.73. The summed E-state index contributed by atoms with van der Waals surface area (Å²) in [7, 11) is 0. The Morgan fingerprint density at radius 3 is 2.12 bits per heavy atom. The molecule has 0 saturated carbocycles. The van der Waals surface area contributed by atoms with Crippen LogP contribution in [0.5, 0.6) is 0 Å². The number of aliphatic hydroxyl groups is 1. The summed E-state index contributed by atoms with van der Waals surface area (Å²) in [4.78, 5) is 0. The van der Waals surface area contributed by atoms with Gasteiger partial charge in [-0.25, -0.2) is 0 Å². The second-order valence-electron chi connectivity index (χ2n) is 3.70. The third-order valence-electron chi connectivity index (χ3n) is 2.61. The van der Waals surface area contributed by atoms with E-state index in [2.05, 4.69) is 0 Å². The van der Waals surface area contributed by atoms with E-state index < -0.39 is 23.8 Å². The molecule has 2 rings (SSSR count). The lowest BCUT2D eigenvalue weighted by atomic mass is 10.0. The van der Waals surface area contributed by atoms with Crippen molar-refractivity contribution in [1.29, 1.82) is 0 Å². The van der Waals surface area contributed by atoms with Gasteiger partial charge in [-0.2, -0.15) is 22.0 Å². The topological polar surface area (TPSA) is 20.2 Å². The molecule has 0 radical (unpaired) electrons. The van der Waals surface area contributed by atoms with Gasteiger partial charge in [0.2, 0.25) is 0 Å². The zero-order valence-corrected chi connectivity index (χ0v) is 8.30. The molecular weight excluding hydrogens is 243 g/mol. The first kappa shape index (κ1) is 12.0. The number of benzene rings is 1. The lowest BCUT2D eigenvalue weighted by Gasteiger charge is -2.23. The van der Waals surface area contributed by atoms with Gasteiger partial charge in [0.05, 0.1) is 0 Å². The van der Waals surface area contributed by atoms with Gasteiger partial charge >= 0.3 is 12.1 Å². The second-order valence-corrected chi connectivity index (χ2v) is 3.70. The van der Waals surface area contributed by atoms with Crippen LogP contribution in [0.15, 0.2) is 29.8 Å². The van der Waals surface area contributed by atoms with Gasteiger partial charge in [-0.15, -0.1) is 0 Å². The molecular formula is C11H7F5O. The van der Waals surface area contributed by atoms with Crippen molar-refractivity contribution in [3.05, 3.63) is 41.0 Å². The quantitative estimate of drug-likeness (QED) is 0.758. The van der Waals surface area contributed by atoms with E-state index in [1.807, 2.05) is 0 Å². The molecule has 0 aliphatic heterocycles. The van der Waals surface area contributed by atoms with Crippen molar-refractivity contribution in [2.45, 2.75) is 18.2 Å². The van der Waals surface area contributed by atoms with Gasteiger partial charge in [0.15, 0.2) is 0 Å². The number of hydrogen-bond donors (Lipinski definition) is 1. The molecule has 0 heterocycles. The highest BCUT2D eigenvalue weighted by Crippen LogP contribution is 2.49.